The molecule has 0 aliphatic carbocycles. The SMILES string of the molecule is Cc1ccccc1C1=NO[C@@H](C(=O)O)C1. The fourth-order valence-electron chi connectivity index (χ4n) is 1.57. The van der Waals surface area contributed by atoms with E-state index in [9.17, 15) is 4.79 Å². The highest BCUT2D eigenvalue weighted by Crippen LogP contribution is 2.19. The molecule has 0 unspecified atom stereocenters. The number of hydrogen-bond acceptors (Lipinski definition) is 3. The minimum atomic E-state index is -0.970. The first-order valence-electron chi connectivity index (χ1n) is 4.70. The smallest absolute Gasteiger partial charge is 0.348 e. The van der Waals surface area contributed by atoms with E-state index in [1.54, 1.807) is 0 Å². The molecule has 4 nitrogen and oxygen atoms in total. The highest BCUT2D eigenvalue weighted by Gasteiger charge is 2.28. The second-order valence-corrected chi connectivity index (χ2v) is 3.49. The lowest BCUT2D eigenvalue weighted by molar-refractivity contribution is -0.148. The van der Waals surface area contributed by atoms with Gasteiger partial charge in [-0.15, -0.1) is 0 Å². The number of aliphatic carboxylic acids is 1. The van der Waals surface area contributed by atoms with E-state index in [1.165, 1.54) is 0 Å². The fraction of sp³-hybridized carbons (Fsp3) is 0.273. The number of carboxylic acids is 1. The Morgan fingerprint density at radius 2 is 2.27 bits per heavy atom. The van der Waals surface area contributed by atoms with E-state index in [2.05, 4.69) is 5.16 Å². The first-order chi connectivity index (χ1) is 7.18. The highest BCUT2D eigenvalue weighted by molar-refractivity contribution is 6.04. The number of carbonyl (C=O) groups is 1. The molecule has 2 rings (SSSR count). The van der Waals surface area contributed by atoms with E-state index in [0.717, 1.165) is 11.1 Å². The third-order valence-corrected chi connectivity index (χ3v) is 2.40. The molecule has 1 aliphatic rings. The van der Waals surface area contributed by atoms with Gasteiger partial charge in [0.1, 0.15) is 0 Å². The molecule has 1 aliphatic heterocycles. The molecule has 15 heavy (non-hydrogen) atoms. The summed E-state index contributed by atoms with van der Waals surface area (Å²) in [5, 5.41) is 12.6. The van der Waals surface area contributed by atoms with Gasteiger partial charge in [0, 0.05) is 12.0 Å². The molecule has 1 N–H and O–H groups in total. The Labute approximate surface area is 87.2 Å². The van der Waals surface area contributed by atoms with Crippen molar-refractivity contribution in [1.29, 1.82) is 0 Å². The summed E-state index contributed by atoms with van der Waals surface area (Å²) in [6, 6.07) is 7.72. The number of benzene rings is 1. The van der Waals surface area contributed by atoms with Crippen LogP contribution in [0.5, 0.6) is 0 Å². The number of hydrogen-bond donors (Lipinski definition) is 1. The average Bonchev–Trinajstić information content (AvgIpc) is 2.67. The number of rotatable bonds is 2. The Kier molecular flexibility index (Phi) is 2.41. The Balaban J connectivity index is 2.21. The Morgan fingerprint density at radius 1 is 1.53 bits per heavy atom. The summed E-state index contributed by atoms with van der Waals surface area (Å²) in [5.74, 6) is -0.970. The second-order valence-electron chi connectivity index (χ2n) is 3.49. The number of nitrogens with zero attached hydrogens (tertiary/aromatic N) is 1. The zero-order chi connectivity index (χ0) is 10.8. The number of oxime groups is 1. The van der Waals surface area contributed by atoms with Gasteiger partial charge in [-0.2, -0.15) is 0 Å². The van der Waals surface area contributed by atoms with Crippen LogP contribution in [0.25, 0.3) is 0 Å². The molecule has 1 atom stereocenters. The van der Waals surface area contributed by atoms with E-state index in [0.29, 0.717) is 12.1 Å². The van der Waals surface area contributed by atoms with Crippen molar-refractivity contribution in [3.8, 4) is 0 Å². The van der Waals surface area contributed by atoms with Crippen LogP contribution >= 0.6 is 0 Å². The van der Waals surface area contributed by atoms with Crippen LogP contribution in [-0.2, 0) is 9.63 Å². The molecule has 0 spiro atoms. The molecule has 1 aromatic rings. The van der Waals surface area contributed by atoms with Crippen LogP contribution in [-0.4, -0.2) is 22.9 Å². The van der Waals surface area contributed by atoms with Gasteiger partial charge in [-0.25, -0.2) is 4.79 Å². The molecule has 78 valence electrons. The van der Waals surface area contributed by atoms with E-state index >= 15 is 0 Å². The zero-order valence-electron chi connectivity index (χ0n) is 8.30. The predicted octanol–water partition coefficient (Wildman–Crippen LogP) is 1.57. The molecule has 0 amide bonds. The molecular formula is C11H11NO3. The molecule has 1 heterocycles. The molecule has 4 heteroatoms. The summed E-state index contributed by atoms with van der Waals surface area (Å²) in [6.07, 6.45) is -0.500. The summed E-state index contributed by atoms with van der Waals surface area (Å²) in [6.45, 7) is 1.96. The van der Waals surface area contributed by atoms with Crippen molar-refractivity contribution in [2.75, 3.05) is 0 Å². The first-order valence-corrected chi connectivity index (χ1v) is 4.70. The Bertz CT molecular complexity index is 426. The van der Waals surface area contributed by atoms with Crippen LogP contribution in [0, 0.1) is 6.92 Å². The van der Waals surface area contributed by atoms with Crippen LogP contribution in [0.2, 0.25) is 0 Å². The summed E-state index contributed by atoms with van der Waals surface area (Å²) in [4.78, 5) is 15.5. The lowest BCUT2D eigenvalue weighted by Gasteiger charge is -2.03. The van der Waals surface area contributed by atoms with Gasteiger partial charge in [-0.3, -0.25) is 0 Å². The molecule has 0 bridgehead atoms. The summed E-state index contributed by atoms with van der Waals surface area (Å²) >= 11 is 0. The van der Waals surface area contributed by atoms with Gasteiger partial charge in [0.05, 0.1) is 5.71 Å². The van der Waals surface area contributed by atoms with Crippen molar-refractivity contribution in [2.24, 2.45) is 5.16 Å². The van der Waals surface area contributed by atoms with E-state index in [4.69, 9.17) is 9.94 Å². The standard InChI is InChI=1S/C11H11NO3/c1-7-4-2-3-5-8(7)9-6-10(11(13)14)15-12-9/h2-5,10H,6H2,1H3,(H,13,14)/t10-/m1/s1. The summed E-state index contributed by atoms with van der Waals surface area (Å²) < 4.78 is 0. The van der Waals surface area contributed by atoms with Crippen LogP contribution in [0.1, 0.15) is 17.5 Å². The molecule has 0 aromatic heterocycles. The van der Waals surface area contributed by atoms with Crippen LogP contribution in [0.15, 0.2) is 29.4 Å². The quantitative estimate of drug-likeness (QED) is 0.797. The average molecular weight is 205 g/mol. The van der Waals surface area contributed by atoms with Gasteiger partial charge >= 0.3 is 5.97 Å². The maximum absolute atomic E-state index is 10.7. The van der Waals surface area contributed by atoms with Gasteiger partial charge in [0.2, 0.25) is 6.10 Å². The Hall–Kier alpha value is -1.84. The summed E-state index contributed by atoms with van der Waals surface area (Å²) in [5.41, 5.74) is 2.74. The molecule has 0 saturated heterocycles. The van der Waals surface area contributed by atoms with Crippen molar-refractivity contribution in [2.45, 2.75) is 19.4 Å². The van der Waals surface area contributed by atoms with Gasteiger partial charge in [0.15, 0.2) is 0 Å². The van der Waals surface area contributed by atoms with Gasteiger partial charge < -0.3 is 9.94 Å². The molecule has 0 fully saturated rings. The monoisotopic (exact) mass is 205 g/mol. The summed E-state index contributed by atoms with van der Waals surface area (Å²) in [7, 11) is 0. The van der Waals surface area contributed by atoms with Crippen LogP contribution in [0.3, 0.4) is 0 Å². The second kappa shape index (κ2) is 3.73. The fourth-order valence-corrected chi connectivity index (χ4v) is 1.57. The van der Waals surface area contributed by atoms with Crippen LogP contribution in [0.4, 0.5) is 0 Å². The minimum absolute atomic E-state index is 0.334. The van der Waals surface area contributed by atoms with Gasteiger partial charge in [-0.1, -0.05) is 29.4 Å². The van der Waals surface area contributed by atoms with Crippen molar-refractivity contribution >= 4 is 11.7 Å². The lowest BCUT2D eigenvalue weighted by atomic mass is 10.0. The van der Waals surface area contributed by atoms with Crippen molar-refractivity contribution in [3.63, 3.8) is 0 Å². The van der Waals surface area contributed by atoms with Gasteiger partial charge in [-0.05, 0) is 12.5 Å². The van der Waals surface area contributed by atoms with E-state index < -0.39 is 12.1 Å². The van der Waals surface area contributed by atoms with Gasteiger partial charge in [0.25, 0.3) is 0 Å². The van der Waals surface area contributed by atoms with Crippen LogP contribution < -0.4 is 0 Å². The highest BCUT2D eigenvalue weighted by atomic mass is 16.7. The third-order valence-electron chi connectivity index (χ3n) is 2.40. The van der Waals surface area contributed by atoms with E-state index in [-0.39, 0.29) is 0 Å². The topological polar surface area (TPSA) is 58.9 Å². The maximum atomic E-state index is 10.7. The van der Waals surface area contributed by atoms with E-state index in [1.807, 2.05) is 31.2 Å². The zero-order valence-corrected chi connectivity index (χ0v) is 8.30. The van der Waals surface area contributed by atoms with Crippen molar-refractivity contribution < 1.29 is 14.7 Å². The molecule has 1 aromatic carbocycles. The van der Waals surface area contributed by atoms with Crippen molar-refractivity contribution in [3.05, 3.63) is 35.4 Å². The third kappa shape index (κ3) is 1.83. The largest absolute Gasteiger partial charge is 0.478 e. The Morgan fingerprint density at radius 3 is 2.87 bits per heavy atom. The lowest BCUT2D eigenvalue weighted by Crippen LogP contribution is -2.20. The molecule has 0 saturated carbocycles. The molecular weight excluding hydrogens is 194 g/mol. The first kappa shape index (κ1) is 9.71. The number of carboxylic acid groups (broad SMARTS) is 1. The predicted molar refractivity (Wildman–Crippen MR) is 54.8 cm³/mol. The minimum Gasteiger partial charge on any atom is -0.478 e. The maximum Gasteiger partial charge on any atom is 0.348 e. The molecule has 0 radical (unpaired) electrons. The van der Waals surface area contributed by atoms with Crippen molar-refractivity contribution in [1.82, 2.24) is 0 Å². The normalized spacial score (nSPS) is 19.5. The number of aryl methyl sites for hydroxylation is 1.